The molecule has 120 valence electrons. The second kappa shape index (κ2) is 7.72. The predicted octanol–water partition coefficient (Wildman–Crippen LogP) is 1.46. The molecule has 0 atom stereocenters. The summed E-state index contributed by atoms with van der Waals surface area (Å²) in [5.41, 5.74) is 1.25. The first kappa shape index (κ1) is 17.9. The number of Topliss-reactive ketones (excluding diaryl/α,β-unsaturated/α-hetero) is 1. The van der Waals surface area contributed by atoms with Crippen LogP contribution in [0.5, 0.6) is 0 Å². The van der Waals surface area contributed by atoms with Crippen LogP contribution in [0.25, 0.3) is 6.08 Å². The maximum Gasteiger partial charge on any atom is 0.230 e. The fourth-order valence-electron chi connectivity index (χ4n) is 2.36. The molecular weight excluding hydrogens is 286 g/mol. The smallest absolute Gasteiger partial charge is 0.230 e. The third-order valence-electron chi connectivity index (χ3n) is 3.25. The van der Waals surface area contributed by atoms with Gasteiger partial charge in [-0.05, 0) is 6.08 Å². The second-order valence-corrected chi connectivity index (χ2v) is 4.30. The fourth-order valence-corrected chi connectivity index (χ4v) is 2.36. The van der Waals surface area contributed by atoms with Crippen molar-refractivity contribution in [2.45, 2.75) is 20.5 Å². The van der Waals surface area contributed by atoms with E-state index in [9.17, 15) is 14.7 Å². The number of ether oxygens (including phenoxy) is 1. The summed E-state index contributed by atoms with van der Waals surface area (Å²) in [5.74, 6) is -0.816. The maximum atomic E-state index is 12.3. The number of aliphatic hydroxyl groups excluding tert-OH is 2. The van der Waals surface area contributed by atoms with Crippen LogP contribution in [0.1, 0.15) is 46.0 Å². The Kier molecular flexibility index (Phi) is 6.27. The summed E-state index contributed by atoms with van der Waals surface area (Å²) < 4.78 is 6.44. The van der Waals surface area contributed by atoms with Gasteiger partial charge in [-0.25, -0.2) is 0 Å². The molecule has 0 fully saturated rings. The molecule has 0 aromatic carbocycles. The summed E-state index contributed by atoms with van der Waals surface area (Å²) in [6.07, 6.45) is 4.18. The highest BCUT2D eigenvalue weighted by Gasteiger charge is 2.34. The lowest BCUT2D eigenvalue weighted by Gasteiger charge is -2.12. The van der Waals surface area contributed by atoms with Gasteiger partial charge in [0.15, 0.2) is 5.76 Å². The van der Waals surface area contributed by atoms with Crippen molar-refractivity contribution in [1.82, 2.24) is 4.57 Å². The normalized spacial score (nSPS) is 13.6. The number of allylic oxidation sites excluding steroid dienone is 2. The number of nitrogens with zero attached hydrogens (tertiary/aromatic N) is 1. The number of methoxy groups -OCH3 is 1. The second-order valence-electron chi connectivity index (χ2n) is 4.30. The number of rotatable bonds is 4. The molecule has 0 saturated carbocycles. The lowest BCUT2D eigenvalue weighted by atomic mass is 9.96. The van der Waals surface area contributed by atoms with E-state index in [0.29, 0.717) is 11.3 Å². The van der Waals surface area contributed by atoms with Crippen LogP contribution in [0.3, 0.4) is 0 Å². The Morgan fingerprint density at radius 1 is 1.27 bits per heavy atom. The first-order valence-electron chi connectivity index (χ1n) is 7.01. The minimum atomic E-state index is -0.426. The Bertz CT molecular complexity index is 637. The molecule has 0 radical (unpaired) electrons. The van der Waals surface area contributed by atoms with E-state index >= 15 is 0 Å². The number of aromatic nitrogens is 1. The third-order valence-corrected chi connectivity index (χ3v) is 3.25. The molecule has 22 heavy (non-hydrogen) atoms. The largest absolute Gasteiger partial charge is 0.492 e. The molecule has 0 saturated heterocycles. The van der Waals surface area contributed by atoms with Gasteiger partial charge in [-0.15, -0.1) is 0 Å². The Balaban J connectivity index is 0.00000116. The van der Waals surface area contributed by atoms with Gasteiger partial charge >= 0.3 is 0 Å². The van der Waals surface area contributed by atoms with Crippen molar-refractivity contribution in [3.05, 3.63) is 40.4 Å². The summed E-state index contributed by atoms with van der Waals surface area (Å²) in [5, 5.41) is 18.4. The highest BCUT2D eigenvalue weighted by atomic mass is 16.5. The minimum absolute atomic E-state index is 0.0412. The molecule has 6 nitrogen and oxygen atoms in total. The molecule has 1 aliphatic rings. The van der Waals surface area contributed by atoms with E-state index in [-0.39, 0.29) is 36.0 Å². The van der Waals surface area contributed by atoms with Crippen LogP contribution in [0.4, 0.5) is 0 Å². The monoisotopic (exact) mass is 307 g/mol. The molecule has 0 bridgehead atoms. The van der Waals surface area contributed by atoms with E-state index < -0.39 is 5.78 Å². The Morgan fingerprint density at radius 3 is 2.41 bits per heavy atom. The predicted molar refractivity (Wildman–Crippen MR) is 82.6 cm³/mol. The summed E-state index contributed by atoms with van der Waals surface area (Å²) >= 11 is 0. The molecule has 0 amide bonds. The van der Waals surface area contributed by atoms with Crippen LogP contribution >= 0.6 is 0 Å². The van der Waals surface area contributed by atoms with E-state index in [1.54, 1.807) is 13.1 Å². The first-order chi connectivity index (χ1) is 10.6. The summed E-state index contributed by atoms with van der Waals surface area (Å²) in [6, 6.07) is 0. The summed E-state index contributed by atoms with van der Waals surface area (Å²) in [4.78, 5) is 24.4. The van der Waals surface area contributed by atoms with Crippen LogP contribution in [-0.4, -0.2) is 40.1 Å². The van der Waals surface area contributed by atoms with Crippen molar-refractivity contribution in [2.24, 2.45) is 7.05 Å². The summed E-state index contributed by atoms with van der Waals surface area (Å²) in [7, 11) is 2.95. The van der Waals surface area contributed by atoms with Crippen LogP contribution in [0, 0.1) is 0 Å². The van der Waals surface area contributed by atoms with Gasteiger partial charge in [0.05, 0.1) is 25.9 Å². The van der Waals surface area contributed by atoms with Crippen molar-refractivity contribution in [2.75, 3.05) is 13.7 Å². The van der Waals surface area contributed by atoms with Gasteiger partial charge in [-0.2, -0.15) is 0 Å². The van der Waals surface area contributed by atoms with Crippen molar-refractivity contribution in [3.63, 3.8) is 0 Å². The number of hydrogen-bond acceptors (Lipinski definition) is 5. The topological polar surface area (TPSA) is 88.8 Å². The molecule has 2 N–H and O–H groups in total. The molecule has 6 heteroatoms. The van der Waals surface area contributed by atoms with Gasteiger partial charge in [0.25, 0.3) is 0 Å². The number of hydrogen-bond donors (Lipinski definition) is 2. The summed E-state index contributed by atoms with van der Waals surface area (Å²) in [6.45, 7) is 3.44. The highest BCUT2D eigenvalue weighted by Crippen LogP contribution is 2.30. The van der Waals surface area contributed by atoms with Crippen LogP contribution in [0.2, 0.25) is 0 Å². The third kappa shape index (κ3) is 2.88. The first-order valence-corrected chi connectivity index (χ1v) is 7.01. The standard InChI is InChI=1S/C14H15NO5.C2H6/c1-15-9(4-3-5-16)8(7-17)12-13(15)10(18)6-11(20-2)14(12)19;1-2/h3-4,6,16-17H,5,7H2,1-2H3;1-2H3/b4-3+;. The zero-order valence-electron chi connectivity index (χ0n) is 13.2. The van der Waals surface area contributed by atoms with Gasteiger partial charge in [0.2, 0.25) is 11.6 Å². The minimum Gasteiger partial charge on any atom is -0.492 e. The van der Waals surface area contributed by atoms with E-state index in [0.717, 1.165) is 6.08 Å². The number of fused-ring (bicyclic) bond motifs is 1. The van der Waals surface area contributed by atoms with E-state index in [1.807, 2.05) is 13.8 Å². The van der Waals surface area contributed by atoms with E-state index in [1.165, 1.54) is 17.8 Å². The maximum absolute atomic E-state index is 12.3. The van der Waals surface area contributed by atoms with Crippen LogP contribution in [0.15, 0.2) is 17.9 Å². The molecule has 0 aliphatic heterocycles. The lowest BCUT2D eigenvalue weighted by Crippen LogP contribution is -2.20. The molecule has 1 heterocycles. The molecular formula is C16H21NO5. The Hall–Kier alpha value is -2.18. The zero-order chi connectivity index (χ0) is 16.9. The van der Waals surface area contributed by atoms with Gasteiger partial charge in [-0.1, -0.05) is 19.9 Å². The van der Waals surface area contributed by atoms with Crippen molar-refractivity contribution in [1.29, 1.82) is 0 Å². The fraction of sp³-hybridized carbons (Fsp3) is 0.375. The van der Waals surface area contributed by atoms with Crippen LogP contribution < -0.4 is 0 Å². The quantitative estimate of drug-likeness (QED) is 0.879. The lowest BCUT2D eigenvalue weighted by molar-refractivity contribution is 0.0911. The highest BCUT2D eigenvalue weighted by molar-refractivity contribution is 6.24. The molecule has 0 spiro atoms. The molecule has 2 rings (SSSR count). The zero-order valence-corrected chi connectivity index (χ0v) is 13.2. The van der Waals surface area contributed by atoms with Crippen molar-refractivity contribution < 1.29 is 24.5 Å². The number of aliphatic hydroxyl groups is 2. The van der Waals surface area contributed by atoms with Gasteiger partial charge in [0.1, 0.15) is 5.69 Å². The SMILES string of the molecule is CC.COC1=CC(=O)c2c(c(CO)c(/C=C/CO)n2C)C1=O. The van der Waals surface area contributed by atoms with Gasteiger partial charge < -0.3 is 19.5 Å². The van der Waals surface area contributed by atoms with Crippen molar-refractivity contribution in [3.8, 4) is 0 Å². The number of carbonyl (C=O) groups excluding carboxylic acids is 2. The van der Waals surface area contributed by atoms with Crippen molar-refractivity contribution >= 4 is 17.6 Å². The molecule has 1 aromatic rings. The van der Waals surface area contributed by atoms with E-state index in [4.69, 9.17) is 9.84 Å². The number of ketones is 2. The van der Waals surface area contributed by atoms with Gasteiger partial charge in [-0.3, -0.25) is 9.59 Å². The number of carbonyl (C=O) groups is 2. The van der Waals surface area contributed by atoms with Crippen LogP contribution in [-0.2, 0) is 18.4 Å². The molecule has 1 aromatic heterocycles. The average Bonchev–Trinajstić information content (AvgIpc) is 2.83. The molecule has 0 unspecified atom stereocenters. The average molecular weight is 307 g/mol. The Morgan fingerprint density at radius 2 is 1.91 bits per heavy atom. The van der Waals surface area contributed by atoms with Gasteiger partial charge in [0, 0.05) is 24.4 Å². The molecule has 1 aliphatic carbocycles. The Labute approximate surface area is 129 Å². The van der Waals surface area contributed by atoms with E-state index in [2.05, 4.69) is 0 Å².